The molecule has 2 N–H and O–H groups in total. The number of hydrogen-bond donors (Lipinski definition) is 2. The molecule has 0 unspecified atom stereocenters. The van der Waals surface area contributed by atoms with Crippen molar-refractivity contribution in [1.29, 1.82) is 0 Å². The standard InChI is InChI=1S/C9H16F3NO4S/c1-8(2,6-7(14)15)13-18(16,17)5-3-4-9(10,11)12/h13H,3-6H2,1-2H3,(H,14,15). The summed E-state index contributed by atoms with van der Waals surface area (Å²) in [5, 5.41) is 8.55. The van der Waals surface area contributed by atoms with E-state index in [-0.39, 0.29) is 0 Å². The first kappa shape index (κ1) is 17.2. The van der Waals surface area contributed by atoms with E-state index < -0.39 is 52.7 Å². The zero-order chi connectivity index (χ0) is 14.6. The fraction of sp³-hybridized carbons (Fsp3) is 0.889. The average Bonchev–Trinajstić information content (AvgIpc) is 1.93. The maximum absolute atomic E-state index is 11.8. The number of sulfonamides is 1. The van der Waals surface area contributed by atoms with Gasteiger partial charge in [0.15, 0.2) is 0 Å². The summed E-state index contributed by atoms with van der Waals surface area (Å²) in [6, 6.07) is 0. The second kappa shape index (κ2) is 5.87. The Morgan fingerprint density at radius 3 is 2.17 bits per heavy atom. The van der Waals surface area contributed by atoms with Gasteiger partial charge in [-0.1, -0.05) is 0 Å². The Balaban J connectivity index is 4.35. The van der Waals surface area contributed by atoms with Gasteiger partial charge in [0.05, 0.1) is 12.2 Å². The number of nitrogens with one attached hydrogen (secondary N) is 1. The summed E-state index contributed by atoms with van der Waals surface area (Å²) in [4.78, 5) is 10.5. The van der Waals surface area contributed by atoms with Crippen molar-refractivity contribution < 1.29 is 31.5 Å². The van der Waals surface area contributed by atoms with Crippen molar-refractivity contribution in [3.63, 3.8) is 0 Å². The number of aliphatic carboxylic acids is 1. The van der Waals surface area contributed by atoms with E-state index in [0.29, 0.717) is 0 Å². The van der Waals surface area contributed by atoms with Gasteiger partial charge in [0.2, 0.25) is 10.0 Å². The molecule has 18 heavy (non-hydrogen) atoms. The molecule has 0 aliphatic rings. The lowest BCUT2D eigenvalue weighted by Crippen LogP contribution is -2.45. The predicted molar refractivity (Wildman–Crippen MR) is 58.5 cm³/mol. The minimum absolute atomic E-state index is 0.453. The van der Waals surface area contributed by atoms with Crippen LogP contribution in [0.1, 0.15) is 33.1 Å². The van der Waals surface area contributed by atoms with Crippen LogP contribution in [0.4, 0.5) is 13.2 Å². The largest absolute Gasteiger partial charge is 0.481 e. The molecule has 0 aromatic carbocycles. The van der Waals surface area contributed by atoms with Gasteiger partial charge in [0.1, 0.15) is 0 Å². The van der Waals surface area contributed by atoms with Crippen LogP contribution in [-0.2, 0) is 14.8 Å². The molecule has 0 fully saturated rings. The number of carboxylic acid groups (broad SMARTS) is 1. The summed E-state index contributed by atoms with van der Waals surface area (Å²) in [6.07, 6.45) is -6.59. The second-order valence-corrected chi connectivity index (χ2v) is 6.44. The molecule has 0 radical (unpaired) electrons. The monoisotopic (exact) mass is 291 g/mol. The van der Waals surface area contributed by atoms with Crippen LogP contribution in [0, 0.1) is 0 Å². The van der Waals surface area contributed by atoms with E-state index in [2.05, 4.69) is 4.72 Å². The molecule has 0 rings (SSSR count). The van der Waals surface area contributed by atoms with Gasteiger partial charge in [-0.05, 0) is 20.3 Å². The lowest BCUT2D eigenvalue weighted by atomic mass is 10.0. The number of alkyl halides is 3. The minimum atomic E-state index is -4.40. The van der Waals surface area contributed by atoms with E-state index in [1.54, 1.807) is 0 Å². The molecule has 0 aliphatic carbocycles. The molecular formula is C9H16F3NO4S. The summed E-state index contributed by atoms with van der Waals surface area (Å²) in [5.74, 6) is -1.88. The molecule has 0 saturated carbocycles. The zero-order valence-corrected chi connectivity index (χ0v) is 10.9. The summed E-state index contributed by atoms with van der Waals surface area (Å²) < 4.78 is 60.5. The van der Waals surface area contributed by atoms with Gasteiger partial charge in [0, 0.05) is 12.0 Å². The quantitative estimate of drug-likeness (QED) is 0.744. The lowest BCUT2D eigenvalue weighted by Gasteiger charge is -2.23. The van der Waals surface area contributed by atoms with Crippen molar-refractivity contribution in [3.05, 3.63) is 0 Å². The van der Waals surface area contributed by atoms with Crippen LogP contribution in [0.5, 0.6) is 0 Å². The Morgan fingerprint density at radius 1 is 1.28 bits per heavy atom. The molecule has 0 bridgehead atoms. The van der Waals surface area contributed by atoms with Gasteiger partial charge in [-0.2, -0.15) is 13.2 Å². The fourth-order valence-corrected chi connectivity index (χ4v) is 2.89. The van der Waals surface area contributed by atoms with E-state index in [1.165, 1.54) is 13.8 Å². The smallest absolute Gasteiger partial charge is 0.389 e. The Morgan fingerprint density at radius 2 is 1.78 bits per heavy atom. The molecule has 0 saturated heterocycles. The highest BCUT2D eigenvalue weighted by atomic mass is 32.2. The van der Waals surface area contributed by atoms with Crippen LogP contribution in [0.25, 0.3) is 0 Å². The maximum atomic E-state index is 11.8. The van der Waals surface area contributed by atoms with E-state index >= 15 is 0 Å². The topological polar surface area (TPSA) is 83.5 Å². The predicted octanol–water partition coefficient (Wildman–Crippen LogP) is 1.50. The van der Waals surface area contributed by atoms with Crippen LogP contribution in [0.3, 0.4) is 0 Å². The summed E-state index contributed by atoms with van der Waals surface area (Å²) in [7, 11) is -3.92. The van der Waals surface area contributed by atoms with Gasteiger partial charge in [-0.3, -0.25) is 4.79 Å². The SMILES string of the molecule is CC(C)(CC(=O)O)NS(=O)(=O)CCCC(F)(F)F. The minimum Gasteiger partial charge on any atom is -0.481 e. The van der Waals surface area contributed by atoms with Gasteiger partial charge in [-0.15, -0.1) is 0 Å². The molecule has 0 spiro atoms. The number of carbonyl (C=O) groups is 1. The first-order chi connectivity index (χ1) is 7.83. The Bertz CT molecular complexity index is 389. The Labute approximate surface area is 103 Å². The van der Waals surface area contributed by atoms with Crippen LogP contribution in [0.15, 0.2) is 0 Å². The van der Waals surface area contributed by atoms with Crippen molar-refractivity contribution in [2.24, 2.45) is 0 Å². The first-order valence-corrected chi connectivity index (χ1v) is 6.78. The van der Waals surface area contributed by atoms with Gasteiger partial charge >= 0.3 is 12.1 Å². The molecule has 5 nitrogen and oxygen atoms in total. The van der Waals surface area contributed by atoms with Gasteiger partial charge in [-0.25, -0.2) is 13.1 Å². The van der Waals surface area contributed by atoms with E-state index in [1.807, 2.05) is 0 Å². The van der Waals surface area contributed by atoms with E-state index in [9.17, 15) is 26.4 Å². The van der Waals surface area contributed by atoms with Crippen LogP contribution in [0.2, 0.25) is 0 Å². The lowest BCUT2D eigenvalue weighted by molar-refractivity contribution is -0.138. The van der Waals surface area contributed by atoms with Gasteiger partial charge in [0.25, 0.3) is 0 Å². The molecule has 108 valence electrons. The van der Waals surface area contributed by atoms with E-state index in [4.69, 9.17) is 5.11 Å². The molecule has 9 heteroatoms. The number of halogens is 3. The molecule has 0 aliphatic heterocycles. The number of rotatable bonds is 7. The molecule has 0 aromatic rings. The van der Waals surface area contributed by atoms with Crippen LogP contribution < -0.4 is 4.72 Å². The Kier molecular flexibility index (Phi) is 5.60. The third kappa shape index (κ3) is 9.23. The van der Waals surface area contributed by atoms with Gasteiger partial charge < -0.3 is 5.11 Å². The van der Waals surface area contributed by atoms with Crippen molar-refractivity contribution >= 4 is 16.0 Å². The molecule has 0 amide bonds. The molecule has 0 aromatic heterocycles. The highest BCUT2D eigenvalue weighted by molar-refractivity contribution is 7.89. The normalized spacial score (nSPS) is 13.6. The highest BCUT2D eigenvalue weighted by Crippen LogP contribution is 2.21. The molecule has 0 atom stereocenters. The van der Waals surface area contributed by atoms with Crippen LogP contribution in [-0.4, -0.2) is 37.0 Å². The van der Waals surface area contributed by atoms with Crippen molar-refractivity contribution in [1.82, 2.24) is 4.72 Å². The number of carboxylic acids is 1. The highest BCUT2D eigenvalue weighted by Gasteiger charge is 2.30. The Hall–Kier alpha value is -0.830. The summed E-state index contributed by atoms with van der Waals surface area (Å²) in [5.41, 5.74) is -1.23. The van der Waals surface area contributed by atoms with Crippen molar-refractivity contribution in [3.8, 4) is 0 Å². The maximum Gasteiger partial charge on any atom is 0.389 e. The zero-order valence-electron chi connectivity index (χ0n) is 10.0. The van der Waals surface area contributed by atoms with Crippen molar-refractivity contribution in [2.45, 2.75) is 44.8 Å². The first-order valence-electron chi connectivity index (χ1n) is 5.13. The third-order valence-corrected chi connectivity index (χ3v) is 3.59. The molecular weight excluding hydrogens is 275 g/mol. The molecule has 0 heterocycles. The van der Waals surface area contributed by atoms with Crippen molar-refractivity contribution in [2.75, 3.05) is 5.75 Å². The summed E-state index contributed by atoms with van der Waals surface area (Å²) >= 11 is 0. The number of hydrogen-bond acceptors (Lipinski definition) is 3. The second-order valence-electron chi connectivity index (χ2n) is 4.59. The van der Waals surface area contributed by atoms with Crippen LogP contribution >= 0.6 is 0 Å². The van der Waals surface area contributed by atoms with E-state index in [0.717, 1.165) is 0 Å². The fourth-order valence-electron chi connectivity index (χ4n) is 1.35. The summed E-state index contributed by atoms with van der Waals surface area (Å²) in [6.45, 7) is 2.70. The third-order valence-electron chi connectivity index (χ3n) is 1.90. The average molecular weight is 291 g/mol.